The zero-order valence-corrected chi connectivity index (χ0v) is 14.9. The summed E-state index contributed by atoms with van der Waals surface area (Å²) in [6.45, 7) is 2.65. The number of nitrogens with zero attached hydrogens (tertiary/aromatic N) is 3. The summed E-state index contributed by atoms with van der Waals surface area (Å²) in [4.78, 5) is 26.8. The van der Waals surface area contributed by atoms with Crippen molar-refractivity contribution in [3.05, 3.63) is 63.0 Å². The van der Waals surface area contributed by atoms with E-state index in [2.05, 4.69) is 0 Å². The first-order chi connectivity index (χ1) is 12.5. The Morgan fingerprint density at radius 1 is 1.04 bits per heavy atom. The van der Waals surface area contributed by atoms with Crippen LogP contribution in [0.3, 0.4) is 0 Å². The Morgan fingerprint density at radius 2 is 1.73 bits per heavy atom. The van der Waals surface area contributed by atoms with Crippen LogP contribution in [0, 0.1) is 0 Å². The summed E-state index contributed by atoms with van der Waals surface area (Å²) >= 11 is 6.13. The van der Waals surface area contributed by atoms with Crippen molar-refractivity contribution in [1.29, 1.82) is 0 Å². The van der Waals surface area contributed by atoms with Crippen molar-refractivity contribution in [3.63, 3.8) is 0 Å². The van der Waals surface area contributed by atoms with Gasteiger partial charge in [-0.2, -0.15) is 0 Å². The predicted molar refractivity (Wildman–Crippen MR) is 97.8 cm³/mol. The third-order valence-electron chi connectivity index (χ3n) is 4.56. The molecule has 0 aliphatic carbocycles. The Hall–Kier alpha value is -2.51. The maximum Gasteiger partial charge on any atom is 0.407 e. The van der Waals surface area contributed by atoms with E-state index >= 15 is 0 Å². The zero-order valence-electron chi connectivity index (χ0n) is 14.1. The van der Waals surface area contributed by atoms with Gasteiger partial charge in [0.15, 0.2) is 5.75 Å². The van der Waals surface area contributed by atoms with Crippen LogP contribution in [0.15, 0.2) is 41.3 Å². The molecule has 0 spiro atoms. The van der Waals surface area contributed by atoms with Gasteiger partial charge < -0.3 is 19.7 Å². The molecule has 1 amide bonds. The van der Waals surface area contributed by atoms with Crippen LogP contribution in [-0.2, 0) is 13.1 Å². The van der Waals surface area contributed by atoms with E-state index in [0.717, 1.165) is 5.56 Å². The Labute approximate surface area is 155 Å². The Morgan fingerprint density at radius 3 is 2.38 bits per heavy atom. The van der Waals surface area contributed by atoms with Crippen molar-refractivity contribution in [2.24, 2.45) is 0 Å². The molecule has 0 unspecified atom stereocenters. The van der Waals surface area contributed by atoms with Crippen LogP contribution in [0.25, 0.3) is 0 Å². The lowest BCUT2D eigenvalue weighted by Gasteiger charge is -2.33. The zero-order chi connectivity index (χ0) is 18.7. The number of aromatic hydroxyl groups is 1. The third-order valence-corrected chi connectivity index (χ3v) is 4.93. The first-order valence-electron chi connectivity index (χ1n) is 8.30. The first-order valence-corrected chi connectivity index (χ1v) is 8.68. The van der Waals surface area contributed by atoms with Gasteiger partial charge in [-0.1, -0.05) is 29.8 Å². The van der Waals surface area contributed by atoms with E-state index in [4.69, 9.17) is 16.7 Å². The quantitative estimate of drug-likeness (QED) is 0.851. The van der Waals surface area contributed by atoms with E-state index in [1.807, 2.05) is 23.1 Å². The van der Waals surface area contributed by atoms with Gasteiger partial charge >= 0.3 is 6.09 Å². The largest absolute Gasteiger partial charge is 0.503 e. The van der Waals surface area contributed by atoms with Crippen molar-refractivity contribution < 1.29 is 15.0 Å². The minimum atomic E-state index is -0.922. The van der Waals surface area contributed by atoms with Gasteiger partial charge in [-0.05, 0) is 17.7 Å². The fourth-order valence-electron chi connectivity index (χ4n) is 3.00. The second-order valence-corrected chi connectivity index (χ2v) is 6.67. The molecule has 1 aliphatic heterocycles. The van der Waals surface area contributed by atoms with Crippen molar-refractivity contribution in [2.45, 2.75) is 13.1 Å². The molecule has 138 valence electrons. The minimum absolute atomic E-state index is 0.278. The van der Waals surface area contributed by atoms with E-state index < -0.39 is 11.7 Å². The van der Waals surface area contributed by atoms with Crippen molar-refractivity contribution in [2.75, 3.05) is 26.2 Å². The molecule has 1 aromatic carbocycles. The van der Waals surface area contributed by atoms with Crippen LogP contribution >= 0.6 is 11.6 Å². The van der Waals surface area contributed by atoms with Crippen molar-refractivity contribution >= 4 is 17.7 Å². The molecule has 2 heterocycles. The lowest BCUT2D eigenvalue weighted by molar-refractivity contribution is 0.102. The number of aromatic nitrogens is 1. The number of hydrogen-bond acceptors (Lipinski definition) is 4. The summed E-state index contributed by atoms with van der Waals surface area (Å²) in [7, 11) is 0. The molecule has 0 atom stereocenters. The number of piperazine rings is 1. The molecule has 1 fully saturated rings. The van der Waals surface area contributed by atoms with Gasteiger partial charge in [-0.15, -0.1) is 0 Å². The number of pyridine rings is 1. The molecule has 7 nitrogen and oxygen atoms in total. The molecule has 1 aromatic heterocycles. The van der Waals surface area contributed by atoms with Gasteiger partial charge in [-0.25, -0.2) is 4.79 Å². The van der Waals surface area contributed by atoms with Crippen molar-refractivity contribution in [3.8, 4) is 5.75 Å². The average Bonchev–Trinajstić information content (AvgIpc) is 2.63. The molecular formula is C18H20ClN3O4. The van der Waals surface area contributed by atoms with Crippen LogP contribution in [0.5, 0.6) is 5.75 Å². The van der Waals surface area contributed by atoms with Gasteiger partial charge in [0.25, 0.3) is 5.56 Å². The smallest absolute Gasteiger partial charge is 0.407 e. The summed E-state index contributed by atoms with van der Waals surface area (Å²) in [5.74, 6) is -0.278. The maximum atomic E-state index is 12.5. The predicted octanol–water partition coefficient (Wildman–Crippen LogP) is 2.05. The molecule has 2 aromatic rings. The topological polar surface area (TPSA) is 86.0 Å². The SMILES string of the molecule is O=C(O)N1CCN(Cc2ccn(Cc3ccccc3Cl)c(=O)c2O)CC1. The molecule has 26 heavy (non-hydrogen) atoms. The number of carboxylic acid groups (broad SMARTS) is 1. The molecule has 0 saturated carbocycles. The summed E-state index contributed by atoms with van der Waals surface area (Å²) < 4.78 is 1.42. The highest BCUT2D eigenvalue weighted by Crippen LogP contribution is 2.18. The van der Waals surface area contributed by atoms with E-state index in [9.17, 15) is 14.7 Å². The van der Waals surface area contributed by atoms with Gasteiger partial charge in [0.05, 0.1) is 6.54 Å². The van der Waals surface area contributed by atoms with Gasteiger partial charge in [0, 0.05) is 49.5 Å². The minimum Gasteiger partial charge on any atom is -0.503 e. The van der Waals surface area contributed by atoms with Crippen LogP contribution in [-0.4, -0.2) is 56.9 Å². The average molecular weight is 378 g/mol. The normalized spacial score (nSPS) is 15.2. The molecule has 3 rings (SSSR count). The summed E-state index contributed by atoms with van der Waals surface area (Å²) in [5, 5.41) is 19.8. The fraction of sp³-hybridized carbons (Fsp3) is 0.333. The first kappa shape index (κ1) is 18.3. The summed E-state index contributed by atoms with van der Waals surface area (Å²) in [6, 6.07) is 8.97. The highest BCUT2D eigenvalue weighted by Gasteiger charge is 2.21. The Balaban J connectivity index is 1.71. The number of rotatable bonds is 4. The van der Waals surface area contributed by atoms with Gasteiger partial charge in [0.2, 0.25) is 0 Å². The van der Waals surface area contributed by atoms with Crippen LogP contribution in [0.1, 0.15) is 11.1 Å². The lowest BCUT2D eigenvalue weighted by Crippen LogP contribution is -2.47. The number of amides is 1. The highest BCUT2D eigenvalue weighted by atomic mass is 35.5. The van der Waals surface area contributed by atoms with E-state index in [-0.39, 0.29) is 12.3 Å². The molecular weight excluding hydrogens is 358 g/mol. The number of benzene rings is 1. The molecule has 1 aliphatic rings. The standard InChI is InChI=1S/C18H20ClN3O4/c19-15-4-2-1-3-13(15)12-22-6-5-14(16(23)17(22)24)11-20-7-9-21(10-8-20)18(25)26/h1-6,23H,7-12H2,(H,25,26). The highest BCUT2D eigenvalue weighted by molar-refractivity contribution is 6.31. The van der Waals surface area contributed by atoms with Gasteiger partial charge in [-0.3, -0.25) is 9.69 Å². The second kappa shape index (κ2) is 7.80. The van der Waals surface area contributed by atoms with Crippen LogP contribution < -0.4 is 5.56 Å². The lowest BCUT2D eigenvalue weighted by atomic mass is 10.2. The van der Waals surface area contributed by atoms with Gasteiger partial charge in [0.1, 0.15) is 0 Å². The number of carbonyl (C=O) groups is 1. The van der Waals surface area contributed by atoms with Crippen LogP contribution in [0.2, 0.25) is 5.02 Å². The molecule has 2 N–H and O–H groups in total. The third kappa shape index (κ3) is 4.00. The molecule has 0 radical (unpaired) electrons. The summed E-state index contributed by atoms with van der Waals surface area (Å²) in [6.07, 6.45) is 0.725. The van der Waals surface area contributed by atoms with Crippen LogP contribution in [0.4, 0.5) is 4.79 Å². The number of halogens is 1. The van der Waals surface area contributed by atoms with E-state index in [1.54, 1.807) is 18.3 Å². The Bertz CT molecular complexity index is 860. The van der Waals surface area contributed by atoms with E-state index in [1.165, 1.54) is 9.47 Å². The Kier molecular flexibility index (Phi) is 5.49. The monoisotopic (exact) mass is 377 g/mol. The summed E-state index contributed by atoms with van der Waals surface area (Å²) in [5.41, 5.74) is 0.869. The fourth-order valence-corrected chi connectivity index (χ4v) is 3.20. The molecule has 8 heteroatoms. The second-order valence-electron chi connectivity index (χ2n) is 6.26. The van der Waals surface area contributed by atoms with Crippen molar-refractivity contribution in [1.82, 2.24) is 14.4 Å². The molecule has 1 saturated heterocycles. The van der Waals surface area contributed by atoms with E-state index in [0.29, 0.717) is 43.3 Å². The number of hydrogen-bond donors (Lipinski definition) is 2. The maximum absolute atomic E-state index is 12.5. The molecule has 0 bridgehead atoms.